The van der Waals surface area contributed by atoms with Crippen molar-refractivity contribution in [2.45, 2.75) is 44.2 Å². The van der Waals surface area contributed by atoms with Gasteiger partial charge in [0.2, 0.25) is 11.8 Å². The van der Waals surface area contributed by atoms with Crippen molar-refractivity contribution in [2.75, 3.05) is 13.1 Å². The van der Waals surface area contributed by atoms with E-state index in [-0.39, 0.29) is 47.7 Å². The number of nitrogens with zero attached hydrogens (tertiary/aromatic N) is 2. The lowest BCUT2D eigenvalue weighted by Gasteiger charge is -2.28. The van der Waals surface area contributed by atoms with Gasteiger partial charge in [0.1, 0.15) is 12.3 Å². The predicted molar refractivity (Wildman–Crippen MR) is 115 cm³/mol. The van der Waals surface area contributed by atoms with E-state index in [0.29, 0.717) is 31.3 Å². The van der Waals surface area contributed by atoms with Crippen LogP contribution in [0, 0.1) is 17.8 Å². The van der Waals surface area contributed by atoms with E-state index in [9.17, 15) is 19.2 Å². The number of carbonyl (C=O) groups is 4. The summed E-state index contributed by atoms with van der Waals surface area (Å²) < 4.78 is 0. The molecule has 1 aromatic carbocycles. The molecule has 3 amide bonds. The third-order valence-electron chi connectivity index (χ3n) is 7.21. The maximum atomic E-state index is 13.4. The number of carbonyl (C=O) groups excluding carboxylic acids is 4. The Bertz CT molecular complexity index is 1030. The lowest BCUT2D eigenvalue weighted by Crippen LogP contribution is -2.52. The highest BCUT2D eigenvalue weighted by atomic mass is 16.2. The first-order valence-electron chi connectivity index (χ1n) is 11.3. The van der Waals surface area contributed by atoms with Gasteiger partial charge in [-0.15, -0.1) is 0 Å². The van der Waals surface area contributed by atoms with E-state index in [0.717, 1.165) is 24.8 Å². The van der Waals surface area contributed by atoms with Crippen molar-refractivity contribution < 1.29 is 19.2 Å². The molecule has 3 aliphatic rings. The Kier molecular flexibility index (Phi) is 5.40. The highest BCUT2D eigenvalue weighted by Crippen LogP contribution is 2.42. The summed E-state index contributed by atoms with van der Waals surface area (Å²) in [6.07, 6.45) is 4.52. The smallest absolute Gasteiger partial charge is 0.290 e. The molecule has 0 unspecified atom stereocenters. The first-order valence-corrected chi connectivity index (χ1v) is 11.3. The minimum absolute atomic E-state index is 0.0745. The molecule has 3 N–H and O–H groups in total. The van der Waals surface area contributed by atoms with Gasteiger partial charge < -0.3 is 25.3 Å². The second-order valence-corrected chi connectivity index (χ2v) is 9.12. The van der Waals surface area contributed by atoms with Crippen molar-refractivity contribution in [3.63, 3.8) is 0 Å². The predicted octanol–water partition coefficient (Wildman–Crippen LogP) is 1.01. The largest absolute Gasteiger partial charge is 0.356 e. The number of aromatic nitrogens is 2. The first-order chi connectivity index (χ1) is 15.5. The fourth-order valence-electron chi connectivity index (χ4n) is 5.63. The number of hydrogen-bond donors (Lipinski definition) is 3. The van der Waals surface area contributed by atoms with Crippen LogP contribution in [0.3, 0.4) is 0 Å². The topological polar surface area (TPSA) is 124 Å². The Morgan fingerprint density at radius 1 is 1.25 bits per heavy atom. The number of aldehydes is 1. The molecular weight excluding hydrogens is 410 g/mol. The van der Waals surface area contributed by atoms with Crippen LogP contribution in [0.4, 0.5) is 0 Å². The molecule has 1 saturated carbocycles. The minimum atomic E-state index is -0.750. The Morgan fingerprint density at radius 3 is 2.84 bits per heavy atom. The molecule has 9 heteroatoms. The fourth-order valence-corrected chi connectivity index (χ4v) is 5.63. The molecule has 3 heterocycles. The minimum Gasteiger partial charge on any atom is -0.356 e. The number of imidazole rings is 1. The molecule has 2 aromatic rings. The molecule has 168 valence electrons. The zero-order chi connectivity index (χ0) is 22.2. The van der Waals surface area contributed by atoms with Crippen molar-refractivity contribution in [3.05, 3.63) is 30.1 Å². The lowest BCUT2D eigenvalue weighted by molar-refractivity contribution is -0.129. The van der Waals surface area contributed by atoms with Crippen LogP contribution in [-0.4, -0.2) is 64.0 Å². The van der Waals surface area contributed by atoms with Gasteiger partial charge in [0, 0.05) is 19.0 Å². The summed E-state index contributed by atoms with van der Waals surface area (Å²) in [5.74, 6) is -0.405. The average molecular weight is 438 g/mol. The fraction of sp³-hybridized carbons (Fsp3) is 0.522. The van der Waals surface area contributed by atoms with Crippen LogP contribution >= 0.6 is 0 Å². The number of likely N-dealkylation sites (tertiary alicyclic amines) is 1. The van der Waals surface area contributed by atoms with Gasteiger partial charge in [-0.1, -0.05) is 18.6 Å². The lowest BCUT2D eigenvalue weighted by atomic mass is 9.92. The van der Waals surface area contributed by atoms with Crippen LogP contribution in [0.15, 0.2) is 24.3 Å². The first kappa shape index (κ1) is 20.7. The summed E-state index contributed by atoms with van der Waals surface area (Å²) in [4.78, 5) is 59.4. The van der Waals surface area contributed by atoms with Crippen LogP contribution in [0.2, 0.25) is 0 Å². The Balaban J connectivity index is 1.35. The Labute approximate surface area is 185 Å². The number of nitrogens with one attached hydrogen (secondary N) is 3. The highest BCUT2D eigenvalue weighted by Gasteiger charge is 2.50. The third-order valence-corrected chi connectivity index (χ3v) is 7.21. The second-order valence-electron chi connectivity index (χ2n) is 9.12. The van der Waals surface area contributed by atoms with Crippen LogP contribution in [0.25, 0.3) is 11.0 Å². The molecule has 9 nitrogen and oxygen atoms in total. The number of benzene rings is 1. The van der Waals surface area contributed by atoms with E-state index >= 15 is 0 Å². The van der Waals surface area contributed by atoms with Gasteiger partial charge >= 0.3 is 0 Å². The monoisotopic (exact) mass is 437 g/mol. The zero-order valence-electron chi connectivity index (χ0n) is 17.8. The van der Waals surface area contributed by atoms with Crippen molar-refractivity contribution in [2.24, 2.45) is 17.8 Å². The molecule has 5 atom stereocenters. The Morgan fingerprint density at radius 2 is 2.09 bits per heavy atom. The summed E-state index contributed by atoms with van der Waals surface area (Å²) in [6.45, 7) is 1.10. The second kappa shape index (κ2) is 8.37. The number of aromatic amines is 1. The Hall–Kier alpha value is -3.23. The molecule has 32 heavy (non-hydrogen) atoms. The van der Waals surface area contributed by atoms with Crippen molar-refractivity contribution >= 4 is 35.0 Å². The molecule has 2 aliphatic heterocycles. The van der Waals surface area contributed by atoms with Crippen molar-refractivity contribution in [1.29, 1.82) is 0 Å². The van der Waals surface area contributed by atoms with Gasteiger partial charge in [0.05, 0.1) is 17.1 Å². The number of para-hydroxylation sites is 2. The van der Waals surface area contributed by atoms with Gasteiger partial charge in [0.15, 0.2) is 5.82 Å². The number of amides is 3. The van der Waals surface area contributed by atoms with E-state index in [1.54, 1.807) is 4.90 Å². The van der Waals surface area contributed by atoms with E-state index in [4.69, 9.17) is 0 Å². The maximum absolute atomic E-state index is 13.4. The van der Waals surface area contributed by atoms with E-state index in [1.807, 2.05) is 24.3 Å². The number of hydrogen-bond acceptors (Lipinski definition) is 5. The van der Waals surface area contributed by atoms with Crippen molar-refractivity contribution in [3.8, 4) is 0 Å². The molecule has 5 rings (SSSR count). The van der Waals surface area contributed by atoms with Crippen molar-refractivity contribution in [1.82, 2.24) is 25.5 Å². The van der Waals surface area contributed by atoms with Gasteiger partial charge in [-0.25, -0.2) is 4.98 Å². The highest BCUT2D eigenvalue weighted by molar-refractivity contribution is 5.98. The number of rotatable bonds is 6. The summed E-state index contributed by atoms with van der Waals surface area (Å²) in [5.41, 5.74) is 1.47. The molecule has 0 bridgehead atoms. The summed E-state index contributed by atoms with van der Waals surface area (Å²) in [6, 6.07) is 6.03. The van der Waals surface area contributed by atoms with Gasteiger partial charge in [-0.3, -0.25) is 14.4 Å². The van der Waals surface area contributed by atoms with Gasteiger partial charge in [-0.05, 0) is 49.7 Å². The quantitative estimate of drug-likeness (QED) is 0.582. The summed E-state index contributed by atoms with van der Waals surface area (Å²) in [5, 5.41) is 5.58. The zero-order valence-corrected chi connectivity index (χ0v) is 17.8. The van der Waals surface area contributed by atoms with Gasteiger partial charge in [-0.2, -0.15) is 0 Å². The number of H-pyrrole nitrogens is 1. The summed E-state index contributed by atoms with van der Waals surface area (Å²) in [7, 11) is 0. The third kappa shape index (κ3) is 3.65. The number of fused-ring (bicyclic) bond motifs is 2. The van der Waals surface area contributed by atoms with Crippen LogP contribution < -0.4 is 10.6 Å². The van der Waals surface area contributed by atoms with Crippen LogP contribution in [0.5, 0.6) is 0 Å². The average Bonchev–Trinajstić information content (AvgIpc) is 3.56. The molecule has 3 fully saturated rings. The van der Waals surface area contributed by atoms with E-state index in [1.165, 1.54) is 0 Å². The molecule has 1 aromatic heterocycles. The normalized spacial score (nSPS) is 27.9. The maximum Gasteiger partial charge on any atom is 0.290 e. The molecular formula is C23H27N5O4. The van der Waals surface area contributed by atoms with E-state index in [2.05, 4.69) is 20.6 Å². The molecule has 2 saturated heterocycles. The van der Waals surface area contributed by atoms with E-state index < -0.39 is 12.1 Å². The van der Waals surface area contributed by atoms with Crippen LogP contribution in [0.1, 0.15) is 42.7 Å². The molecule has 1 aliphatic carbocycles. The molecule has 0 spiro atoms. The summed E-state index contributed by atoms with van der Waals surface area (Å²) >= 11 is 0. The standard InChI is InChI=1S/C23H27N5O4/c29-12-15(10-13-8-9-24-21(13)30)25-22(31)19-16-5-3-4-14(16)11-28(19)23(32)20-26-17-6-1-2-7-18(17)27-20/h1-2,6-7,12-16,19H,3-5,8-11H2,(H,24,30)(H,25,31)(H,26,27)/t13-,14-,15-,16-,19-/m0/s1. The van der Waals surface area contributed by atoms with Crippen LogP contribution in [-0.2, 0) is 14.4 Å². The molecule has 0 radical (unpaired) electrons. The van der Waals surface area contributed by atoms with Gasteiger partial charge in [0.25, 0.3) is 5.91 Å². The SMILES string of the molecule is O=C[C@H](C[C@@H]1CCNC1=O)NC(=O)[C@@H]1[C@H]2CCC[C@H]2CN1C(=O)c1nc2ccccc2[nH]1.